The van der Waals surface area contributed by atoms with Gasteiger partial charge in [0.2, 0.25) is 0 Å². The summed E-state index contributed by atoms with van der Waals surface area (Å²) in [5, 5.41) is 9.38. The zero-order valence-corrected chi connectivity index (χ0v) is 12.3. The average molecular weight is 247 g/mol. The van der Waals surface area contributed by atoms with Crippen molar-refractivity contribution in [1.29, 1.82) is 5.26 Å². The van der Waals surface area contributed by atoms with Crippen LogP contribution < -0.4 is 0 Å². The van der Waals surface area contributed by atoms with Gasteiger partial charge in [0.1, 0.15) is 0 Å². The molecule has 1 unspecified atom stereocenters. The molecule has 0 amide bonds. The van der Waals surface area contributed by atoms with Crippen molar-refractivity contribution in [3.05, 3.63) is 35.9 Å². The third kappa shape index (κ3) is 3.42. The van der Waals surface area contributed by atoms with E-state index in [1.54, 1.807) is 0 Å². The van der Waals surface area contributed by atoms with Gasteiger partial charge >= 0.3 is 0 Å². The summed E-state index contributed by atoms with van der Waals surface area (Å²) in [7, 11) is -1.89. The fraction of sp³-hybridized carbons (Fsp3) is 0.500. The second kappa shape index (κ2) is 5.03. The van der Waals surface area contributed by atoms with E-state index in [-0.39, 0.29) is 5.04 Å². The lowest BCUT2D eigenvalue weighted by atomic mass is 10.1. The fourth-order valence-corrected chi connectivity index (χ4v) is 2.40. The van der Waals surface area contributed by atoms with E-state index in [1.165, 1.54) is 0 Å². The lowest BCUT2D eigenvalue weighted by Gasteiger charge is -2.37. The van der Waals surface area contributed by atoms with Gasteiger partial charge in [-0.05, 0) is 23.7 Å². The van der Waals surface area contributed by atoms with Gasteiger partial charge in [0, 0.05) is 0 Å². The van der Waals surface area contributed by atoms with Gasteiger partial charge in [-0.15, -0.1) is 0 Å². The van der Waals surface area contributed by atoms with Crippen LogP contribution in [0.1, 0.15) is 32.4 Å². The molecule has 0 N–H and O–H groups in total. The lowest BCUT2D eigenvalue weighted by molar-refractivity contribution is 0.236. The van der Waals surface area contributed by atoms with E-state index in [0.717, 1.165) is 5.56 Å². The van der Waals surface area contributed by atoms with E-state index >= 15 is 0 Å². The highest BCUT2D eigenvalue weighted by Crippen LogP contribution is 2.39. The lowest BCUT2D eigenvalue weighted by Crippen LogP contribution is -2.41. The van der Waals surface area contributed by atoms with Gasteiger partial charge in [0.25, 0.3) is 0 Å². The third-order valence-corrected chi connectivity index (χ3v) is 7.88. The molecule has 2 nitrogen and oxygen atoms in total. The van der Waals surface area contributed by atoms with Gasteiger partial charge in [-0.3, -0.25) is 0 Å². The summed E-state index contributed by atoms with van der Waals surface area (Å²) in [5.74, 6) is 0. The van der Waals surface area contributed by atoms with Crippen molar-refractivity contribution in [3.8, 4) is 6.07 Å². The zero-order valence-electron chi connectivity index (χ0n) is 11.3. The second-order valence-corrected chi connectivity index (χ2v) is 10.6. The van der Waals surface area contributed by atoms with Crippen molar-refractivity contribution in [2.75, 3.05) is 0 Å². The molecule has 17 heavy (non-hydrogen) atoms. The number of hydrogen-bond acceptors (Lipinski definition) is 2. The Kier molecular flexibility index (Phi) is 4.13. The van der Waals surface area contributed by atoms with Crippen LogP contribution in [-0.2, 0) is 4.43 Å². The Hall–Kier alpha value is -1.11. The minimum atomic E-state index is -1.89. The predicted octanol–water partition coefficient (Wildman–Crippen LogP) is 4.27. The summed E-state index contributed by atoms with van der Waals surface area (Å²) in [6.45, 7) is 10.9. The molecular formula is C14H21NOSi. The van der Waals surface area contributed by atoms with Crippen molar-refractivity contribution < 1.29 is 4.43 Å². The smallest absolute Gasteiger partial charge is 0.194 e. The van der Waals surface area contributed by atoms with E-state index in [1.807, 2.05) is 30.3 Å². The first kappa shape index (κ1) is 13.9. The van der Waals surface area contributed by atoms with Crippen molar-refractivity contribution in [2.24, 2.45) is 0 Å². The van der Waals surface area contributed by atoms with Gasteiger partial charge in [-0.1, -0.05) is 51.1 Å². The molecular weight excluding hydrogens is 226 g/mol. The average Bonchev–Trinajstić information content (AvgIpc) is 2.25. The molecule has 0 bridgehead atoms. The number of hydrogen-bond donors (Lipinski definition) is 0. The van der Waals surface area contributed by atoms with E-state index < -0.39 is 14.4 Å². The molecule has 0 saturated carbocycles. The number of rotatable bonds is 3. The van der Waals surface area contributed by atoms with Crippen LogP contribution >= 0.6 is 0 Å². The molecule has 0 heterocycles. The molecule has 1 aromatic rings. The van der Waals surface area contributed by atoms with Crippen molar-refractivity contribution in [3.63, 3.8) is 0 Å². The van der Waals surface area contributed by atoms with Crippen molar-refractivity contribution in [1.82, 2.24) is 0 Å². The molecule has 3 heteroatoms. The number of benzene rings is 1. The van der Waals surface area contributed by atoms with E-state index in [0.29, 0.717) is 0 Å². The van der Waals surface area contributed by atoms with E-state index in [2.05, 4.69) is 39.9 Å². The maximum atomic E-state index is 9.26. The zero-order chi connectivity index (χ0) is 13.1. The van der Waals surface area contributed by atoms with Gasteiger partial charge < -0.3 is 4.43 Å². The normalized spacial score (nSPS) is 14.1. The Morgan fingerprint density at radius 1 is 1.18 bits per heavy atom. The quantitative estimate of drug-likeness (QED) is 0.747. The summed E-state index contributed by atoms with van der Waals surface area (Å²) in [6.07, 6.45) is -0.447. The van der Waals surface area contributed by atoms with Crippen molar-refractivity contribution in [2.45, 2.75) is 45.0 Å². The maximum Gasteiger partial charge on any atom is 0.194 e. The van der Waals surface area contributed by atoms with Gasteiger partial charge in [-0.25, -0.2) is 0 Å². The Morgan fingerprint density at radius 2 is 1.71 bits per heavy atom. The van der Waals surface area contributed by atoms with E-state index in [9.17, 15) is 5.26 Å². The van der Waals surface area contributed by atoms with Crippen LogP contribution in [0.5, 0.6) is 0 Å². The molecule has 0 aliphatic heterocycles. The minimum absolute atomic E-state index is 0.122. The first-order valence-corrected chi connectivity index (χ1v) is 8.81. The minimum Gasteiger partial charge on any atom is -0.398 e. The van der Waals surface area contributed by atoms with Gasteiger partial charge in [-0.2, -0.15) is 5.26 Å². The molecule has 0 aliphatic carbocycles. The Balaban J connectivity index is 2.90. The molecule has 0 radical (unpaired) electrons. The van der Waals surface area contributed by atoms with Gasteiger partial charge in [0.05, 0.1) is 6.07 Å². The standard InChI is InChI=1S/C14H21NOSi/c1-14(2,3)17(4,5)16-13(11-15)12-9-7-6-8-10-12/h6-10,13H,1-5H3. The highest BCUT2D eigenvalue weighted by atomic mass is 28.4. The second-order valence-electron chi connectivity index (χ2n) is 5.80. The van der Waals surface area contributed by atoms with Crippen LogP contribution in [0, 0.1) is 11.3 Å². The van der Waals surface area contributed by atoms with E-state index in [4.69, 9.17) is 4.43 Å². The van der Waals surface area contributed by atoms with Crippen LogP contribution in [-0.4, -0.2) is 8.32 Å². The first-order chi connectivity index (χ1) is 7.78. The molecule has 0 aliphatic rings. The summed E-state index contributed by atoms with van der Waals surface area (Å²) in [6, 6.07) is 12.0. The molecule has 1 aromatic carbocycles. The summed E-state index contributed by atoms with van der Waals surface area (Å²) >= 11 is 0. The molecule has 1 atom stereocenters. The molecule has 0 spiro atoms. The molecule has 1 rings (SSSR count). The molecule has 0 aromatic heterocycles. The van der Waals surface area contributed by atoms with Crippen LogP contribution in [0.3, 0.4) is 0 Å². The largest absolute Gasteiger partial charge is 0.398 e. The Labute approximate surface area is 105 Å². The number of nitriles is 1. The Bertz CT molecular complexity index is 400. The van der Waals surface area contributed by atoms with Gasteiger partial charge in [0.15, 0.2) is 14.4 Å². The maximum absolute atomic E-state index is 9.26. The predicted molar refractivity (Wildman–Crippen MR) is 73.1 cm³/mol. The highest BCUT2D eigenvalue weighted by molar-refractivity contribution is 6.74. The molecule has 0 fully saturated rings. The van der Waals surface area contributed by atoms with Crippen molar-refractivity contribution >= 4 is 8.32 Å². The van der Waals surface area contributed by atoms with Crippen LogP contribution in [0.15, 0.2) is 30.3 Å². The summed E-state index contributed by atoms with van der Waals surface area (Å²) < 4.78 is 6.12. The monoisotopic (exact) mass is 247 g/mol. The molecule has 0 saturated heterocycles. The SMILES string of the molecule is CC(C)(C)[Si](C)(C)OC(C#N)c1ccccc1. The van der Waals surface area contributed by atoms with Crippen LogP contribution in [0.25, 0.3) is 0 Å². The first-order valence-electron chi connectivity index (χ1n) is 5.90. The van der Waals surface area contributed by atoms with Crippen LogP contribution in [0.4, 0.5) is 0 Å². The highest BCUT2D eigenvalue weighted by Gasteiger charge is 2.39. The Morgan fingerprint density at radius 3 is 2.12 bits per heavy atom. The third-order valence-electron chi connectivity index (χ3n) is 3.44. The number of nitrogens with zero attached hydrogens (tertiary/aromatic N) is 1. The molecule has 92 valence electrons. The topological polar surface area (TPSA) is 33.0 Å². The van der Waals surface area contributed by atoms with Crippen LogP contribution in [0.2, 0.25) is 18.1 Å². The fourth-order valence-electron chi connectivity index (χ4n) is 1.27. The summed E-state index contributed by atoms with van der Waals surface area (Å²) in [5.41, 5.74) is 0.944. The summed E-state index contributed by atoms with van der Waals surface area (Å²) in [4.78, 5) is 0.